The van der Waals surface area contributed by atoms with Crippen molar-refractivity contribution in [3.8, 4) is 0 Å². The van der Waals surface area contributed by atoms with Crippen LogP contribution in [0.5, 0.6) is 0 Å². The van der Waals surface area contributed by atoms with Gasteiger partial charge in [-0.2, -0.15) is 0 Å². The summed E-state index contributed by atoms with van der Waals surface area (Å²) in [6.07, 6.45) is 2.48. The van der Waals surface area contributed by atoms with Crippen molar-refractivity contribution in [2.24, 2.45) is 5.92 Å². The summed E-state index contributed by atoms with van der Waals surface area (Å²) >= 11 is 0. The molecule has 0 atom stereocenters. The fourth-order valence-corrected chi connectivity index (χ4v) is 3.15. The molecular formula is C16H16F2N2O3. The van der Waals surface area contributed by atoms with Crippen molar-refractivity contribution in [1.82, 2.24) is 9.96 Å². The number of hydrogen-bond acceptors (Lipinski definition) is 3. The molecule has 0 radical (unpaired) electrons. The van der Waals surface area contributed by atoms with Crippen molar-refractivity contribution < 1.29 is 23.2 Å². The van der Waals surface area contributed by atoms with Crippen molar-refractivity contribution >= 4 is 11.8 Å². The Hall–Kier alpha value is -2.02. The van der Waals surface area contributed by atoms with Crippen molar-refractivity contribution in [3.63, 3.8) is 0 Å². The molecule has 1 spiro atoms. The molecule has 0 aromatic heterocycles. The number of rotatable bonds is 3. The van der Waals surface area contributed by atoms with E-state index in [0.717, 1.165) is 25.0 Å². The van der Waals surface area contributed by atoms with Crippen molar-refractivity contribution in [3.05, 3.63) is 35.4 Å². The summed E-state index contributed by atoms with van der Waals surface area (Å²) in [5.74, 6) is -1.64. The molecule has 7 heteroatoms. The normalized spacial score (nSPS) is 22.6. The first-order valence-electron chi connectivity index (χ1n) is 7.70. The number of amides is 2. The smallest absolute Gasteiger partial charge is 0.257 e. The zero-order chi connectivity index (χ0) is 16.2. The predicted octanol–water partition coefficient (Wildman–Crippen LogP) is 1.73. The molecule has 1 aromatic rings. The van der Waals surface area contributed by atoms with E-state index in [-0.39, 0.29) is 31.0 Å². The van der Waals surface area contributed by atoms with Gasteiger partial charge >= 0.3 is 0 Å². The fourth-order valence-electron chi connectivity index (χ4n) is 3.15. The minimum Gasteiger partial charge on any atom is -0.332 e. The molecule has 5 nitrogen and oxygen atoms in total. The number of hydrogen-bond donors (Lipinski definition) is 0. The topological polar surface area (TPSA) is 49.9 Å². The summed E-state index contributed by atoms with van der Waals surface area (Å²) in [5.41, 5.74) is -0.835. The maximum absolute atomic E-state index is 13.7. The highest BCUT2D eigenvalue weighted by Gasteiger charge is 2.55. The molecule has 2 heterocycles. The van der Waals surface area contributed by atoms with E-state index in [4.69, 9.17) is 4.84 Å². The van der Waals surface area contributed by atoms with Gasteiger partial charge in [0.2, 0.25) is 5.91 Å². The second-order valence-corrected chi connectivity index (χ2v) is 6.63. The molecule has 122 valence electrons. The Morgan fingerprint density at radius 2 is 2.04 bits per heavy atom. The SMILES string of the molecule is O=C(c1ccc(F)cc1F)N1CC2(CC(=O)N(CC3CC3)O2)C1. The molecule has 1 aliphatic carbocycles. The second-order valence-electron chi connectivity index (χ2n) is 6.63. The van der Waals surface area contributed by atoms with E-state index in [1.807, 2.05) is 0 Å². The first-order chi connectivity index (χ1) is 11.0. The number of likely N-dealkylation sites (tertiary alicyclic amines) is 1. The Morgan fingerprint density at radius 1 is 1.30 bits per heavy atom. The van der Waals surface area contributed by atoms with Crippen LogP contribution < -0.4 is 0 Å². The zero-order valence-corrected chi connectivity index (χ0v) is 12.4. The van der Waals surface area contributed by atoms with Crippen LogP contribution in [0.15, 0.2) is 18.2 Å². The Labute approximate surface area is 131 Å². The maximum Gasteiger partial charge on any atom is 0.257 e. The van der Waals surface area contributed by atoms with Crippen LogP contribution in [0.2, 0.25) is 0 Å². The summed E-state index contributed by atoms with van der Waals surface area (Å²) < 4.78 is 26.6. The van der Waals surface area contributed by atoms with Crippen LogP contribution in [0.4, 0.5) is 8.78 Å². The van der Waals surface area contributed by atoms with E-state index in [9.17, 15) is 18.4 Å². The molecule has 4 rings (SSSR count). The van der Waals surface area contributed by atoms with Crippen LogP contribution in [0.1, 0.15) is 29.6 Å². The Morgan fingerprint density at radius 3 is 2.70 bits per heavy atom. The third kappa shape index (κ3) is 2.59. The number of carbonyl (C=O) groups is 2. The Balaban J connectivity index is 1.41. The molecule has 0 unspecified atom stereocenters. The van der Waals surface area contributed by atoms with Crippen LogP contribution in [0, 0.1) is 17.6 Å². The van der Waals surface area contributed by atoms with Crippen LogP contribution in [0.25, 0.3) is 0 Å². The summed E-state index contributed by atoms with van der Waals surface area (Å²) in [6, 6.07) is 2.88. The average Bonchev–Trinajstić information content (AvgIpc) is 3.20. The average molecular weight is 322 g/mol. The minimum absolute atomic E-state index is 0.0584. The van der Waals surface area contributed by atoms with Crippen LogP contribution >= 0.6 is 0 Å². The maximum atomic E-state index is 13.7. The molecule has 3 fully saturated rings. The Kier molecular flexibility index (Phi) is 3.16. The van der Waals surface area contributed by atoms with Gasteiger partial charge in [0, 0.05) is 6.07 Å². The van der Waals surface area contributed by atoms with E-state index in [2.05, 4.69) is 0 Å². The molecule has 23 heavy (non-hydrogen) atoms. The zero-order valence-electron chi connectivity index (χ0n) is 12.4. The van der Waals surface area contributed by atoms with Gasteiger partial charge in [-0.05, 0) is 30.9 Å². The number of carbonyl (C=O) groups excluding carboxylic acids is 2. The summed E-state index contributed by atoms with van der Waals surface area (Å²) in [4.78, 5) is 31.4. The monoisotopic (exact) mass is 322 g/mol. The lowest BCUT2D eigenvalue weighted by Crippen LogP contribution is -2.63. The molecule has 2 saturated heterocycles. The largest absolute Gasteiger partial charge is 0.332 e. The highest BCUT2D eigenvalue weighted by molar-refractivity contribution is 5.95. The van der Waals surface area contributed by atoms with Gasteiger partial charge in [0.1, 0.15) is 17.2 Å². The molecule has 2 amide bonds. The van der Waals surface area contributed by atoms with Crippen LogP contribution in [-0.4, -0.2) is 47.0 Å². The van der Waals surface area contributed by atoms with Gasteiger partial charge in [0.05, 0.1) is 31.6 Å². The summed E-state index contributed by atoms with van der Waals surface area (Å²) in [7, 11) is 0. The third-order valence-corrected chi connectivity index (χ3v) is 4.58. The number of benzene rings is 1. The van der Waals surface area contributed by atoms with Crippen molar-refractivity contribution in [1.29, 1.82) is 0 Å². The van der Waals surface area contributed by atoms with E-state index in [1.165, 1.54) is 9.96 Å². The van der Waals surface area contributed by atoms with E-state index >= 15 is 0 Å². The summed E-state index contributed by atoms with van der Waals surface area (Å²) in [6.45, 7) is 1.10. The molecular weight excluding hydrogens is 306 g/mol. The fraction of sp³-hybridized carbons (Fsp3) is 0.500. The standard InChI is InChI=1S/C16H16F2N2O3/c17-11-3-4-12(13(18)5-11)15(22)19-8-16(9-19)6-14(21)20(23-16)7-10-1-2-10/h3-5,10H,1-2,6-9H2. The minimum atomic E-state index is -0.880. The first kappa shape index (κ1) is 14.6. The van der Waals surface area contributed by atoms with Gasteiger partial charge in [-0.15, -0.1) is 0 Å². The molecule has 1 aromatic carbocycles. The Bertz CT molecular complexity index is 684. The third-order valence-electron chi connectivity index (χ3n) is 4.58. The van der Waals surface area contributed by atoms with Gasteiger partial charge in [0.25, 0.3) is 5.91 Å². The van der Waals surface area contributed by atoms with E-state index in [1.54, 1.807) is 0 Å². The highest BCUT2D eigenvalue weighted by atomic mass is 19.1. The molecule has 3 aliphatic rings. The lowest BCUT2D eigenvalue weighted by atomic mass is 9.90. The van der Waals surface area contributed by atoms with Gasteiger partial charge < -0.3 is 4.90 Å². The van der Waals surface area contributed by atoms with Gasteiger partial charge in [-0.25, -0.2) is 13.8 Å². The lowest BCUT2D eigenvalue weighted by molar-refractivity contribution is -0.230. The highest BCUT2D eigenvalue weighted by Crippen LogP contribution is 2.39. The van der Waals surface area contributed by atoms with Gasteiger partial charge in [-0.1, -0.05) is 0 Å². The molecule has 0 N–H and O–H groups in total. The lowest BCUT2D eigenvalue weighted by Gasteiger charge is -2.45. The molecule has 1 saturated carbocycles. The van der Waals surface area contributed by atoms with Crippen molar-refractivity contribution in [2.45, 2.75) is 24.9 Å². The van der Waals surface area contributed by atoms with Gasteiger partial charge in [-0.3, -0.25) is 14.4 Å². The van der Waals surface area contributed by atoms with E-state index in [0.29, 0.717) is 18.5 Å². The quantitative estimate of drug-likeness (QED) is 0.852. The van der Waals surface area contributed by atoms with E-state index < -0.39 is 23.1 Å². The first-order valence-corrected chi connectivity index (χ1v) is 7.70. The van der Waals surface area contributed by atoms with Crippen LogP contribution in [-0.2, 0) is 9.63 Å². The second kappa shape index (κ2) is 4.99. The van der Waals surface area contributed by atoms with Gasteiger partial charge in [0.15, 0.2) is 0 Å². The number of nitrogens with zero attached hydrogens (tertiary/aromatic N) is 2. The molecule has 2 aliphatic heterocycles. The predicted molar refractivity (Wildman–Crippen MR) is 75.1 cm³/mol. The van der Waals surface area contributed by atoms with Crippen LogP contribution in [0.3, 0.4) is 0 Å². The number of halogens is 2. The number of hydroxylamine groups is 2. The molecule has 0 bridgehead atoms. The summed E-state index contributed by atoms with van der Waals surface area (Å²) in [5, 5.41) is 1.41. The van der Waals surface area contributed by atoms with Crippen molar-refractivity contribution in [2.75, 3.05) is 19.6 Å².